The number of nitrogens with two attached hydrogens (primary N) is 1. The molecule has 0 saturated heterocycles. The summed E-state index contributed by atoms with van der Waals surface area (Å²) >= 11 is 0. The molecule has 0 aromatic heterocycles. The second-order valence-corrected chi connectivity index (χ2v) is 10.5. The molecule has 0 unspecified atom stereocenters. The minimum absolute atomic E-state index is 0.324. The average Bonchev–Trinajstić information content (AvgIpc) is 2.22. The zero-order valence-corrected chi connectivity index (χ0v) is 14.8. The first-order chi connectivity index (χ1) is 9.68. The molecule has 0 heterocycles. The van der Waals surface area contributed by atoms with Gasteiger partial charge in [-0.05, 0) is 12.1 Å². The fourth-order valence-corrected chi connectivity index (χ4v) is 3.36. The van der Waals surface area contributed by atoms with Crippen molar-refractivity contribution < 1.29 is 25.3 Å². The van der Waals surface area contributed by atoms with Crippen LogP contribution in [0.2, 0.25) is 0 Å². The van der Waals surface area contributed by atoms with Gasteiger partial charge in [-0.25, -0.2) is 0 Å². The summed E-state index contributed by atoms with van der Waals surface area (Å²) in [4.78, 5) is 0. The molecule has 1 rings (SSSR count). The maximum atomic E-state index is 11.1. The molecular weight excluding hydrogens is 427 g/mol. The Balaban J connectivity index is 3.51. The smallest absolute Gasteiger partial charge is 0.319 e. The number of hydrogen-bond acceptors (Lipinski definition) is 7. The number of benzene rings is 1. The maximum Gasteiger partial charge on any atom is 0.319 e. The van der Waals surface area contributed by atoms with E-state index >= 15 is 0 Å². The Bertz CT molecular complexity index is 898. The first-order valence-corrected chi connectivity index (χ1v) is 11.7. The molecule has 0 aliphatic rings. The lowest BCUT2D eigenvalue weighted by molar-refractivity contribution is 0.612. The molecule has 0 aliphatic heterocycles. The van der Waals surface area contributed by atoms with Gasteiger partial charge in [0.25, 0.3) is 0 Å². The molecule has 0 bridgehead atoms. The fourth-order valence-electron chi connectivity index (χ4n) is 1.29. The van der Waals surface area contributed by atoms with Crippen LogP contribution in [0, 0.1) is 0 Å². The molecule has 1 aromatic carbocycles. The molecule has 0 aliphatic carbocycles. The molecule has 126 valence electrons. The lowest BCUT2D eigenvalue weighted by Crippen LogP contribution is -2.14. The van der Waals surface area contributed by atoms with E-state index in [4.69, 9.17) is 37.8 Å². The van der Waals surface area contributed by atoms with Crippen molar-refractivity contribution in [2.45, 2.75) is 0 Å². The fraction of sp³-hybridized carbons (Fsp3) is 0. The van der Waals surface area contributed by atoms with Crippen molar-refractivity contribution in [1.82, 2.24) is 0 Å². The molecule has 0 amide bonds. The van der Waals surface area contributed by atoms with Gasteiger partial charge in [-0.1, -0.05) is 0 Å². The molecule has 0 radical (unpaired) electrons. The summed E-state index contributed by atoms with van der Waals surface area (Å²) in [6, 6.07) is 2.00. The van der Waals surface area contributed by atoms with Crippen LogP contribution in [0.15, 0.2) is 12.1 Å². The monoisotopic (exact) mass is 432 g/mol. The highest BCUT2D eigenvalue weighted by Gasteiger charge is 2.20. The Morgan fingerprint density at radius 1 is 0.727 bits per heavy atom. The minimum atomic E-state index is -4.38. The third kappa shape index (κ3) is 6.50. The van der Waals surface area contributed by atoms with E-state index < -0.39 is 44.8 Å². The molecule has 16 heteroatoms. The number of nitrogen functional groups attached to an aromatic ring is 1. The van der Waals surface area contributed by atoms with Gasteiger partial charge in [0.15, 0.2) is 0 Å². The van der Waals surface area contributed by atoms with Crippen LogP contribution in [0.5, 0.6) is 0 Å². The number of rotatable bonds is 6. The van der Waals surface area contributed by atoms with Crippen molar-refractivity contribution in [3.63, 3.8) is 0 Å². The third-order valence-corrected chi connectivity index (χ3v) is 4.00. The standard InChI is InChI=1S/C6H7Cl3N4O6S3/c7-20(14,15)11-3-1-2-4(12-21(8,16)17)6(5(3)10)13-22(9,18)19/h1-2,11-13H,10H2. The van der Waals surface area contributed by atoms with E-state index in [0.29, 0.717) is 0 Å². The minimum Gasteiger partial charge on any atom is -0.395 e. The zero-order chi connectivity index (χ0) is 17.3. The van der Waals surface area contributed by atoms with Gasteiger partial charge in [0.1, 0.15) is 0 Å². The largest absolute Gasteiger partial charge is 0.395 e. The predicted octanol–water partition coefficient (Wildman–Crippen LogP) is 0.955. The van der Waals surface area contributed by atoms with Crippen LogP contribution in [-0.4, -0.2) is 25.3 Å². The second-order valence-electron chi connectivity index (χ2n) is 3.57. The summed E-state index contributed by atoms with van der Waals surface area (Å²) in [6.45, 7) is 0. The van der Waals surface area contributed by atoms with Gasteiger partial charge in [-0.2, -0.15) is 25.3 Å². The van der Waals surface area contributed by atoms with Gasteiger partial charge < -0.3 is 5.73 Å². The Labute approximate surface area is 139 Å². The van der Waals surface area contributed by atoms with Crippen LogP contribution in [0.4, 0.5) is 22.7 Å². The van der Waals surface area contributed by atoms with Crippen molar-refractivity contribution in [2.75, 3.05) is 19.9 Å². The molecule has 5 N–H and O–H groups in total. The first kappa shape index (κ1) is 19.2. The zero-order valence-electron chi connectivity index (χ0n) is 10.0. The molecule has 10 nitrogen and oxygen atoms in total. The van der Waals surface area contributed by atoms with Crippen molar-refractivity contribution in [3.05, 3.63) is 12.1 Å². The van der Waals surface area contributed by atoms with Crippen LogP contribution in [0.1, 0.15) is 0 Å². The van der Waals surface area contributed by atoms with E-state index in [0.717, 1.165) is 12.1 Å². The lowest BCUT2D eigenvalue weighted by Gasteiger charge is -2.16. The Hall–Kier alpha value is -0.860. The van der Waals surface area contributed by atoms with E-state index in [9.17, 15) is 25.3 Å². The molecule has 0 atom stereocenters. The van der Waals surface area contributed by atoms with E-state index in [2.05, 4.69) is 0 Å². The van der Waals surface area contributed by atoms with Gasteiger partial charge in [0, 0.05) is 32.0 Å². The van der Waals surface area contributed by atoms with E-state index in [1.807, 2.05) is 0 Å². The molecule has 0 fully saturated rings. The molecule has 0 saturated carbocycles. The summed E-state index contributed by atoms with van der Waals surface area (Å²) in [5.41, 5.74) is 3.80. The summed E-state index contributed by atoms with van der Waals surface area (Å²) in [7, 11) is 2.04. The highest BCUT2D eigenvalue weighted by Crippen LogP contribution is 2.37. The molecule has 22 heavy (non-hydrogen) atoms. The lowest BCUT2D eigenvalue weighted by atomic mass is 10.2. The summed E-state index contributed by atoms with van der Waals surface area (Å²) in [5.74, 6) is 0. The molecule has 0 spiro atoms. The highest BCUT2D eigenvalue weighted by molar-refractivity contribution is 8.15. The van der Waals surface area contributed by atoms with Crippen molar-refractivity contribution in [2.24, 2.45) is 0 Å². The number of hydrogen-bond donors (Lipinski definition) is 4. The van der Waals surface area contributed by atoms with E-state index in [-0.39, 0.29) is 5.69 Å². The number of halogens is 3. The van der Waals surface area contributed by atoms with E-state index in [1.54, 1.807) is 14.2 Å². The SMILES string of the molecule is Nc1c(NS(=O)(=O)Cl)ccc(NS(=O)(=O)Cl)c1NS(=O)(=O)Cl. The number of nitrogens with one attached hydrogen (secondary N) is 3. The predicted molar refractivity (Wildman–Crippen MR) is 86.0 cm³/mol. The average molecular weight is 434 g/mol. The summed E-state index contributed by atoms with van der Waals surface area (Å²) in [6.07, 6.45) is 0. The van der Waals surface area contributed by atoms with Crippen LogP contribution in [0.25, 0.3) is 0 Å². The van der Waals surface area contributed by atoms with Crippen LogP contribution >= 0.6 is 32.0 Å². The second kappa shape index (κ2) is 6.33. The van der Waals surface area contributed by atoms with Crippen LogP contribution in [0.3, 0.4) is 0 Å². The third-order valence-electron chi connectivity index (χ3n) is 1.93. The normalized spacial score (nSPS) is 12.7. The highest BCUT2D eigenvalue weighted by atomic mass is 35.7. The van der Waals surface area contributed by atoms with Crippen molar-refractivity contribution >= 4 is 82.5 Å². The van der Waals surface area contributed by atoms with Gasteiger partial charge in [0.05, 0.1) is 22.7 Å². The first-order valence-electron chi connectivity index (χ1n) is 4.77. The van der Waals surface area contributed by atoms with Crippen molar-refractivity contribution in [3.8, 4) is 0 Å². The van der Waals surface area contributed by atoms with Gasteiger partial charge in [-0.15, -0.1) is 0 Å². The molecule has 1 aromatic rings. The van der Waals surface area contributed by atoms with Gasteiger partial charge >= 0.3 is 27.7 Å². The Morgan fingerprint density at radius 3 is 1.50 bits per heavy atom. The maximum absolute atomic E-state index is 11.1. The number of anilines is 4. The Kier molecular flexibility index (Phi) is 5.52. The van der Waals surface area contributed by atoms with Crippen LogP contribution in [-0.2, 0) is 27.7 Å². The van der Waals surface area contributed by atoms with Crippen molar-refractivity contribution in [1.29, 1.82) is 0 Å². The summed E-state index contributed by atoms with van der Waals surface area (Å²) in [5, 5.41) is 0. The quantitative estimate of drug-likeness (QED) is 0.383. The Morgan fingerprint density at radius 2 is 1.09 bits per heavy atom. The van der Waals surface area contributed by atoms with Crippen LogP contribution < -0.4 is 19.9 Å². The molecular formula is C6H7Cl3N4O6S3. The topological polar surface area (TPSA) is 165 Å². The van der Waals surface area contributed by atoms with Gasteiger partial charge in [0.2, 0.25) is 0 Å². The van der Waals surface area contributed by atoms with E-state index in [1.165, 1.54) is 0 Å². The van der Waals surface area contributed by atoms with Gasteiger partial charge in [-0.3, -0.25) is 14.2 Å². The summed E-state index contributed by atoms with van der Waals surface area (Å²) < 4.78 is 71.4.